The zero-order valence-corrected chi connectivity index (χ0v) is 13.9. The topological polar surface area (TPSA) is 44.9 Å². The molecule has 0 fully saturated rings. The van der Waals surface area contributed by atoms with Crippen LogP contribution in [0.4, 0.5) is 4.39 Å². The van der Waals surface area contributed by atoms with E-state index in [1.165, 1.54) is 11.6 Å². The molecule has 0 aliphatic carbocycles. The van der Waals surface area contributed by atoms with E-state index < -0.39 is 0 Å². The molecule has 3 rings (SSSR count). The van der Waals surface area contributed by atoms with Gasteiger partial charge in [0.15, 0.2) is 0 Å². The molecule has 4 heteroatoms. The molecule has 0 saturated heterocycles. The predicted molar refractivity (Wildman–Crippen MR) is 94.6 cm³/mol. The number of aromatic amines is 1. The quantitative estimate of drug-likeness (QED) is 0.736. The summed E-state index contributed by atoms with van der Waals surface area (Å²) in [5.41, 5.74) is 4.88. The predicted octanol–water partition coefficient (Wildman–Crippen LogP) is 3.83. The Kier molecular flexibility index (Phi) is 4.65. The van der Waals surface area contributed by atoms with Crippen molar-refractivity contribution in [2.45, 2.75) is 26.7 Å². The normalized spacial score (nSPS) is 11.0. The van der Waals surface area contributed by atoms with Gasteiger partial charge in [-0.15, -0.1) is 0 Å². The van der Waals surface area contributed by atoms with Crippen molar-refractivity contribution < 1.29 is 9.18 Å². The van der Waals surface area contributed by atoms with E-state index >= 15 is 0 Å². The summed E-state index contributed by atoms with van der Waals surface area (Å²) in [7, 11) is 0. The Morgan fingerprint density at radius 1 is 1.17 bits per heavy atom. The molecular weight excluding hydrogens is 303 g/mol. The number of hydrogen-bond donors (Lipinski definition) is 2. The molecule has 0 saturated carbocycles. The van der Waals surface area contributed by atoms with E-state index in [0.717, 1.165) is 22.2 Å². The molecule has 0 spiro atoms. The summed E-state index contributed by atoms with van der Waals surface area (Å²) in [5.74, 6) is -0.272. The molecule has 0 unspecified atom stereocenters. The highest BCUT2D eigenvalue weighted by Gasteiger charge is 2.12. The molecule has 2 N–H and O–H groups in total. The van der Waals surface area contributed by atoms with Gasteiger partial charge in [-0.2, -0.15) is 0 Å². The Labute approximate surface area is 140 Å². The average molecular weight is 324 g/mol. The molecule has 0 atom stereocenters. The number of hydrogen-bond acceptors (Lipinski definition) is 1. The summed E-state index contributed by atoms with van der Waals surface area (Å²) in [6, 6.07) is 12.8. The Hall–Kier alpha value is -2.62. The second kappa shape index (κ2) is 6.87. The van der Waals surface area contributed by atoms with Crippen LogP contribution in [0.3, 0.4) is 0 Å². The van der Waals surface area contributed by atoms with Crippen LogP contribution in [-0.2, 0) is 17.6 Å². The van der Waals surface area contributed by atoms with Gasteiger partial charge in [0.05, 0.1) is 6.42 Å². The fraction of sp³-hybridized carbons (Fsp3) is 0.250. The Morgan fingerprint density at radius 2 is 1.96 bits per heavy atom. The van der Waals surface area contributed by atoms with Crippen LogP contribution in [0.2, 0.25) is 0 Å². The van der Waals surface area contributed by atoms with Crippen LogP contribution in [0.25, 0.3) is 10.9 Å². The lowest BCUT2D eigenvalue weighted by atomic mass is 10.1. The summed E-state index contributed by atoms with van der Waals surface area (Å²) in [6.07, 6.45) is 0.816. The lowest BCUT2D eigenvalue weighted by Crippen LogP contribution is -2.27. The van der Waals surface area contributed by atoms with Gasteiger partial charge in [0, 0.05) is 23.1 Å². The van der Waals surface area contributed by atoms with Crippen LogP contribution in [0, 0.1) is 19.7 Å². The van der Waals surface area contributed by atoms with Gasteiger partial charge in [-0.3, -0.25) is 4.79 Å². The third-order valence-corrected chi connectivity index (χ3v) is 4.29. The number of carbonyl (C=O) groups is 1. The SMILES string of the molecule is Cc1ccc2[nH]c(C)c(CC(=O)NCCc3ccccc3F)c2c1. The van der Waals surface area contributed by atoms with Crippen LogP contribution in [0.1, 0.15) is 22.4 Å². The lowest BCUT2D eigenvalue weighted by molar-refractivity contribution is -0.120. The number of rotatable bonds is 5. The summed E-state index contributed by atoms with van der Waals surface area (Å²) >= 11 is 0. The number of nitrogens with one attached hydrogen (secondary N) is 2. The first-order chi connectivity index (χ1) is 11.5. The van der Waals surface area contributed by atoms with Crippen molar-refractivity contribution in [3.8, 4) is 0 Å². The van der Waals surface area contributed by atoms with Gasteiger partial charge < -0.3 is 10.3 Å². The maximum atomic E-state index is 13.6. The Morgan fingerprint density at radius 3 is 2.75 bits per heavy atom. The smallest absolute Gasteiger partial charge is 0.224 e. The van der Waals surface area contributed by atoms with Crippen LogP contribution >= 0.6 is 0 Å². The molecule has 0 aliphatic heterocycles. The van der Waals surface area contributed by atoms with Crippen LogP contribution in [0.15, 0.2) is 42.5 Å². The van der Waals surface area contributed by atoms with Crippen LogP contribution in [-0.4, -0.2) is 17.4 Å². The van der Waals surface area contributed by atoms with E-state index in [1.54, 1.807) is 18.2 Å². The number of fused-ring (bicyclic) bond motifs is 1. The molecule has 1 heterocycles. The van der Waals surface area contributed by atoms with Crippen molar-refractivity contribution >= 4 is 16.8 Å². The van der Waals surface area contributed by atoms with E-state index in [9.17, 15) is 9.18 Å². The van der Waals surface area contributed by atoms with Crippen molar-refractivity contribution in [3.63, 3.8) is 0 Å². The summed E-state index contributed by atoms with van der Waals surface area (Å²) in [4.78, 5) is 15.6. The highest BCUT2D eigenvalue weighted by atomic mass is 19.1. The van der Waals surface area contributed by atoms with E-state index in [2.05, 4.69) is 22.4 Å². The number of carbonyl (C=O) groups excluding carboxylic acids is 1. The molecule has 0 bridgehead atoms. The van der Waals surface area contributed by atoms with Gasteiger partial charge in [-0.05, 0) is 49.6 Å². The van der Waals surface area contributed by atoms with Gasteiger partial charge >= 0.3 is 0 Å². The van der Waals surface area contributed by atoms with E-state index in [1.807, 2.05) is 19.9 Å². The highest BCUT2D eigenvalue weighted by Crippen LogP contribution is 2.23. The number of H-pyrrole nitrogens is 1. The van der Waals surface area contributed by atoms with Crippen molar-refractivity contribution in [3.05, 3.63) is 70.7 Å². The van der Waals surface area contributed by atoms with Gasteiger partial charge in [0.25, 0.3) is 0 Å². The minimum atomic E-state index is -0.227. The van der Waals surface area contributed by atoms with Gasteiger partial charge in [-0.1, -0.05) is 29.8 Å². The third-order valence-electron chi connectivity index (χ3n) is 4.29. The molecule has 24 heavy (non-hydrogen) atoms. The number of aryl methyl sites for hydroxylation is 2. The van der Waals surface area contributed by atoms with E-state index in [-0.39, 0.29) is 11.7 Å². The van der Waals surface area contributed by atoms with Crippen LogP contribution < -0.4 is 5.32 Å². The fourth-order valence-corrected chi connectivity index (χ4v) is 2.98. The lowest BCUT2D eigenvalue weighted by Gasteiger charge is -2.07. The van der Waals surface area contributed by atoms with E-state index in [4.69, 9.17) is 0 Å². The molecule has 1 amide bonds. The van der Waals surface area contributed by atoms with Crippen molar-refractivity contribution in [1.29, 1.82) is 0 Å². The molecular formula is C20H21FN2O. The molecule has 124 valence electrons. The monoisotopic (exact) mass is 324 g/mol. The summed E-state index contributed by atoms with van der Waals surface area (Å²) in [6.45, 7) is 4.46. The first-order valence-electron chi connectivity index (χ1n) is 8.12. The third kappa shape index (κ3) is 3.48. The van der Waals surface area contributed by atoms with Gasteiger partial charge in [-0.25, -0.2) is 4.39 Å². The number of aromatic nitrogens is 1. The minimum Gasteiger partial charge on any atom is -0.358 e. The average Bonchev–Trinajstić information content (AvgIpc) is 2.85. The molecule has 0 aliphatic rings. The molecule has 2 aromatic carbocycles. The number of halogens is 1. The van der Waals surface area contributed by atoms with Crippen LogP contribution in [0.5, 0.6) is 0 Å². The van der Waals surface area contributed by atoms with Crippen molar-refractivity contribution in [2.75, 3.05) is 6.54 Å². The first kappa shape index (κ1) is 16.2. The van der Waals surface area contributed by atoms with Crippen molar-refractivity contribution in [2.24, 2.45) is 0 Å². The number of amides is 1. The zero-order chi connectivity index (χ0) is 17.1. The standard InChI is InChI=1S/C20H21FN2O/c1-13-7-8-19-17(11-13)16(14(2)23-19)12-20(24)22-10-9-15-5-3-4-6-18(15)21/h3-8,11,23H,9-10,12H2,1-2H3,(H,22,24). The Balaban J connectivity index is 1.64. The molecule has 3 aromatic rings. The minimum absolute atomic E-state index is 0.0446. The molecule has 3 nitrogen and oxygen atoms in total. The molecule has 0 radical (unpaired) electrons. The fourth-order valence-electron chi connectivity index (χ4n) is 2.98. The van der Waals surface area contributed by atoms with Gasteiger partial charge in [0.2, 0.25) is 5.91 Å². The summed E-state index contributed by atoms with van der Waals surface area (Å²) < 4.78 is 13.6. The molecule has 1 aromatic heterocycles. The van der Waals surface area contributed by atoms with Gasteiger partial charge in [0.1, 0.15) is 5.82 Å². The maximum absolute atomic E-state index is 13.6. The second-order valence-electron chi connectivity index (χ2n) is 6.15. The Bertz CT molecular complexity index is 882. The highest BCUT2D eigenvalue weighted by molar-refractivity contribution is 5.90. The largest absolute Gasteiger partial charge is 0.358 e. The maximum Gasteiger partial charge on any atom is 0.224 e. The number of benzene rings is 2. The second-order valence-corrected chi connectivity index (χ2v) is 6.15. The zero-order valence-electron chi connectivity index (χ0n) is 13.9. The summed E-state index contributed by atoms with van der Waals surface area (Å²) in [5, 5.41) is 3.98. The van der Waals surface area contributed by atoms with E-state index in [0.29, 0.717) is 24.9 Å². The van der Waals surface area contributed by atoms with Crippen molar-refractivity contribution in [1.82, 2.24) is 10.3 Å². The first-order valence-corrected chi connectivity index (χ1v) is 8.12.